The lowest BCUT2D eigenvalue weighted by molar-refractivity contribution is -0.145. The third-order valence-corrected chi connectivity index (χ3v) is 4.34. The molecule has 0 fully saturated rings. The molecule has 0 radical (unpaired) electrons. The minimum Gasteiger partial charge on any atom is -0.480 e. The lowest BCUT2D eigenvalue weighted by Crippen LogP contribution is -2.43. The molecule has 0 aliphatic heterocycles. The second kappa shape index (κ2) is 20.5. The summed E-state index contributed by atoms with van der Waals surface area (Å²) in [5.74, 6) is -9.82. The largest absolute Gasteiger partial charge is 0.480 e. The molecule has 0 aromatic rings. The summed E-state index contributed by atoms with van der Waals surface area (Å²) in [4.78, 5) is 88.7. The highest BCUT2D eigenvalue weighted by Crippen LogP contribution is 1.95. The van der Waals surface area contributed by atoms with E-state index in [4.69, 9.17) is 40.9 Å². The maximum atomic E-state index is 10.6. The first kappa shape index (κ1) is 37.8. The number of aliphatic carboxylic acids is 8. The second-order valence-corrected chi connectivity index (χ2v) is 7.99. The van der Waals surface area contributed by atoms with Gasteiger partial charge in [0.1, 0.15) is 0 Å². The zero-order chi connectivity index (χ0) is 31.4. The second-order valence-electron chi connectivity index (χ2n) is 7.99. The Bertz CT molecular complexity index is 703. The van der Waals surface area contributed by atoms with E-state index < -0.39 is 100 Å². The third kappa shape index (κ3) is 25.3. The Morgan fingerprint density at radius 3 is 0.450 bits per heavy atom. The van der Waals surface area contributed by atoms with Gasteiger partial charge in [0.05, 0.1) is 52.4 Å². The lowest BCUT2D eigenvalue weighted by Gasteiger charge is -2.23. The third-order valence-electron chi connectivity index (χ3n) is 4.34. The maximum absolute atomic E-state index is 10.6. The minimum absolute atomic E-state index is 0.0703. The van der Waals surface area contributed by atoms with Gasteiger partial charge in [-0.25, -0.2) is 0 Å². The van der Waals surface area contributed by atoms with Crippen LogP contribution in [0.3, 0.4) is 0 Å². The summed E-state index contributed by atoms with van der Waals surface area (Å²) in [7, 11) is 0. The molecule has 0 amide bonds. The smallest absolute Gasteiger partial charge is 0.317 e. The van der Waals surface area contributed by atoms with E-state index in [9.17, 15) is 38.4 Å². The zero-order valence-electron chi connectivity index (χ0n) is 21.1. The first-order chi connectivity index (χ1) is 18.4. The normalized spacial score (nSPS) is 10.7. The van der Waals surface area contributed by atoms with Crippen molar-refractivity contribution in [1.82, 2.24) is 19.6 Å². The van der Waals surface area contributed by atoms with Crippen molar-refractivity contribution in [2.45, 2.75) is 0 Å². The summed E-state index contributed by atoms with van der Waals surface area (Å²) >= 11 is 0. The van der Waals surface area contributed by atoms with Crippen LogP contribution in [0.4, 0.5) is 0 Å². The molecule has 40 heavy (non-hydrogen) atoms. The summed E-state index contributed by atoms with van der Waals surface area (Å²) in [5, 5.41) is 68.9. The summed E-state index contributed by atoms with van der Waals surface area (Å²) in [6, 6.07) is 0. The van der Waals surface area contributed by atoms with Gasteiger partial charge in [0.25, 0.3) is 0 Å². The van der Waals surface area contributed by atoms with Gasteiger partial charge >= 0.3 is 47.8 Å². The van der Waals surface area contributed by atoms with Crippen LogP contribution < -0.4 is 0 Å². The fourth-order valence-corrected chi connectivity index (χ4v) is 2.95. The average molecular weight is 584 g/mol. The number of nitrogens with zero attached hydrogens (tertiary/aromatic N) is 4. The zero-order valence-corrected chi connectivity index (χ0v) is 21.1. The van der Waals surface area contributed by atoms with Gasteiger partial charge in [0.2, 0.25) is 0 Å². The summed E-state index contributed by atoms with van der Waals surface area (Å²) in [6.07, 6.45) is 0. The molecule has 0 spiro atoms. The summed E-state index contributed by atoms with van der Waals surface area (Å²) in [6.45, 7) is -4.50. The number of rotatable bonds is 22. The lowest BCUT2D eigenvalue weighted by atomic mass is 10.4. The Morgan fingerprint density at radius 1 is 0.275 bits per heavy atom. The molecule has 20 nitrogen and oxygen atoms in total. The van der Waals surface area contributed by atoms with Crippen molar-refractivity contribution in [2.24, 2.45) is 0 Å². The van der Waals surface area contributed by atoms with Gasteiger partial charge in [-0.2, -0.15) is 0 Å². The molecule has 0 aliphatic rings. The van der Waals surface area contributed by atoms with E-state index >= 15 is 0 Å². The number of carboxylic acids is 8. The van der Waals surface area contributed by atoms with E-state index in [1.165, 1.54) is 0 Å². The predicted molar refractivity (Wildman–Crippen MR) is 127 cm³/mol. The molecule has 0 saturated carbocycles. The van der Waals surface area contributed by atoms with Crippen LogP contribution in [0.25, 0.3) is 0 Å². The van der Waals surface area contributed by atoms with Crippen molar-refractivity contribution >= 4 is 47.8 Å². The van der Waals surface area contributed by atoms with Crippen LogP contribution in [-0.4, -0.2) is 187 Å². The van der Waals surface area contributed by atoms with E-state index in [-0.39, 0.29) is 26.2 Å². The molecule has 0 atom stereocenters. The Kier molecular flexibility index (Phi) is 19.4. The molecule has 0 aliphatic carbocycles. The summed E-state index contributed by atoms with van der Waals surface area (Å²) in [5.41, 5.74) is 0. The molecule has 20 heteroatoms. The van der Waals surface area contributed by atoms with Gasteiger partial charge in [-0.1, -0.05) is 0 Å². The predicted octanol–water partition coefficient (Wildman–Crippen LogP) is -4.14. The monoisotopic (exact) mass is 584 g/mol. The number of carbonyl (C=O) groups is 8. The van der Waals surface area contributed by atoms with Gasteiger partial charge in [0, 0.05) is 26.2 Å². The highest BCUT2D eigenvalue weighted by Gasteiger charge is 2.19. The van der Waals surface area contributed by atoms with Crippen LogP contribution in [0.2, 0.25) is 0 Å². The van der Waals surface area contributed by atoms with Crippen LogP contribution in [0.1, 0.15) is 0 Å². The van der Waals surface area contributed by atoms with Crippen molar-refractivity contribution in [3.63, 3.8) is 0 Å². The van der Waals surface area contributed by atoms with Gasteiger partial charge in [-0.3, -0.25) is 58.0 Å². The minimum atomic E-state index is -1.23. The first-order valence-electron chi connectivity index (χ1n) is 11.0. The molecule has 0 heterocycles. The van der Waals surface area contributed by atoms with Crippen LogP contribution in [0.15, 0.2) is 0 Å². The van der Waals surface area contributed by atoms with Crippen LogP contribution in [-0.2, 0) is 38.4 Å². The molecular weight excluding hydrogens is 552 g/mol. The highest BCUT2D eigenvalue weighted by molar-refractivity contribution is 5.74. The molecule has 228 valence electrons. The van der Waals surface area contributed by atoms with Crippen molar-refractivity contribution in [2.75, 3.05) is 78.5 Å². The fourth-order valence-electron chi connectivity index (χ4n) is 2.95. The Morgan fingerprint density at radius 2 is 0.375 bits per heavy atom. The summed E-state index contributed by atoms with van der Waals surface area (Å²) < 4.78 is 0. The molecule has 0 rings (SSSR count). The van der Waals surface area contributed by atoms with Gasteiger partial charge in [-0.05, 0) is 0 Å². The highest BCUT2D eigenvalue weighted by atomic mass is 16.4. The quantitative estimate of drug-likeness (QED) is 0.0598. The van der Waals surface area contributed by atoms with E-state index in [1.807, 2.05) is 0 Å². The van der Waals surface area contributed by atoms with Crippen molar-refractivity contribution in [3.05, 3.63) is 0 Å². The molecule has 0 unspecified atom stereocenters. The topological polar surface area (TPSA) is 311 Å². The SMILES string of the molecule is O=C(O)CN(CCN(CC(=O)O)CC(=O)O)CC(=O)O.O=C(O)CN(CCN(CC(=O)O)CC(=O)O)CC(=O)O. The van der Waals surface area contributed by atoms with Gasteiger partial charge in [0.15, 0.2) is 0 Å². The van der Waals surface area contributed by atoms with Crippen LogP contribution in [0, 0.1) is 0 Å². The maximum Gasteiger partial charge on any atom is 0.317 e. The van der Waals surface area contributed by atoms with Crippen LogP contribution in [0.5, 0.6) is 0 Å². The van der Waals surface area contributed by atoms with E-state index in [1.54, 1.807) is 0 Å². The Hall–Kier alpha value is -4.40. The van der Waals surface area contributed by atoms with Crippen LogP contribution >= 0.6 is 0 Å². The van der Waals surface area contributed by atoms with Crippen molar-refractivity contribution in [3.8, 4) is 0 Å². The standard InChI is InChI=1S/2C10H16N2O8/c2*13-7(14)3-11(4-8(15)16)1-2-12(5-9(17)18)6-10(19)20/h2*1-6H2,(H,13,14)(H,15,16)(H,17,18)(H,19,20). The number of hydrogen-bond donors (Lipinski definition) is 8. The van der Waals surface area contributed by atoms with Crippen molar-refractivity contribution < 1.29 is 79.2 Å². The number of carboxylic acid groups (broad SMARTS) is 8. The molecule has 0 aromatic heterocycles. The van der Waals surface area contributed by atoms with Gasteiger partial charge < -0.3 is 40.9 Å². The van der Waals surface area contributed by atoms with Gasteiger partial charge in [-0.15, -0.1) is 0 Å². The van der Waals surface area contributed by atoms with E-state index in [0.29, 0.717) is 0 Å². The Labute approximate surface area is 225 Å². The Balaban J connectivity index is 0. The van der Waals surface area contributed by atoms with E-state index in [2.05, 4.69) is 0 Å². The molecule has 0 saturated heterocycles. The van der Waals surface area contributed by atoms with Crippen molar-refractivity contribution in [1.29, 1.82) is 0 Å². The first-order valence-corrected chi connectivity index (χ1v) is 11.0. The van der Waals surface area contributed by atoms with E-state index in [0.717, 1.165) is 19.6 Å². The fraction of sp³-hybridized carbons (Fsp3) is 0.600. The molecule has 0 aromatic carbocycles. The molecule has 8 N–H and O–H groups in total. The average Bonchev–Trinajstić information content (AvgIpc) is 2.72. The number of hydrogen-bond acceptors (Lipinski definition) is 12. The molecular formula is C20H32N4O16. The molecule has 0 bridgehead atoms.